The molecule has 0 amide bonds. The molecule has 0 spiro atoms. The minimum Gasteiger partial charge on any atom is -0.507 e. The van der Waals surface area contributed by atoms with Gasteiger partial charge >= 0.3 is 0 Å². The predicted molar refractivity (Wildman–Crippen MR) is 123 cm³/mol. The van der Waals surface area contributed by atoms with Crippen LogP contribution in [-0.2, 0) is 25.2 Å². The van der Waals surface area contributed by atoms with Crippen LogP contribution in [0.2, 0.25) is 0 Å². The van der Waals surface area contributed by atoms with Gasteiger partial charge in [-0.2, -0.15) is 0 Å². The second-order valence-corrected chi connectivity index (χ2v) is 8.51. The van der Waals surface area contributed by atoms with Crippen molar-refractivity contribution in [2.45, 2.75) is 26.2 Å². The zero-order valence-corrected chi connectivity index (χ0v) is 20.1. The summed E-state index contributed by atoms with van der Waals surface area (Å²) in [5, 5.41) is 10.7. The van der Waals surface area contributed by atoms with Gasteiger partial charge < -0.3 is 5.11 Å². The summed E-state index contributed by atoms with van der Waals surface area (Å²) in [7, 11) is 0. The minimum atomic E-state index is 0. The molecule has 4 aromatic carbocycles. The van der Waals surface area contributed by atoms with Crippen LogP contribution in [0.25, 0.3) is 33.4 Å². The van der Waals surface area contributed by atoms with Gasteiger partial charge in [-0.05, 0) is 69.1 Å². The van der Waals surface area contributed by atoms with E-state index >= 15 is 0 Å². The summed E-state index contributed by atoms with van der Waals surface area (Å²) < 4.78 is 0. The first-order chi connectivity index (χ1) is 13.9. The SMILES string of the molecule is CC(C)(C)c1ccc(O)c(-c2cc(-c3ccccc3)cc(-c3ccccc3)c2)c1.[Os]. The number of hydrogen-bond donors (Lipinski definition) is 1. The summed E-state index contributed by atoms with van der Waals surface area (Å²) in [6.45, 7) is 6.58. The van der Waals surface area contributed by atoms with Crippen molar-refractivity contribution in [3.05, 3.63) is 103 Å². The Balaban J connectivity index is 0.00000256. The van der Waals surface area contributed by atoms with Gasteiger partial charge in [-0.1, -0.05) is 87.5 Å². The van der Waals surface area contributed by atoms with Crippen molar-refractivity contribution in [3.63, 3.8) is 0 Å². The molecule has 0 aromatic heterocycles. The summed E-state index contributed by atoms with van der Waals surface area (Å²) >= 11 is 0. The third kappa shape index (κ3) is 4.72. The van der Waals surface area contributed by atoms with Crippen LogP contribution >= 0.6 is 0 Å². The van der Waals surface area contributed by atoms with Crippen molar-refractivity contribution in [2.24, 2.45) is 0 Å². The van der Waals surface area contributed by atoms with Crippen LogP contribution in [0.5, 0.6) is 5.75 Å². The first-order valence-corrected chi connectivity index (χ1v) is 10.0. The average Bonchev–Trinajstić information content (AvgIpc) is 2.74. The Kier molecular flexibility index (Phi) is 6.60. The summed E-state index contributed by atoms with van der Waals surface area (Å²) in [6, 6.07) is 33.3. The standard InChI is InChI=1S/C28H26O.Os/c1-28(2,3)25-14-15-27(29)26(19-25)24-17-22(20-10-6-4-7-11-20)16-23(18-24)21-12-8-5-9-13-21;/h4-19,29H,1-3H3;. The van der Waals surface area contributed by atoms with Crippen molar-refractivity contribution >= 4 is 0 Å². The Labute approximate surface area is 192 Å². The van der Waals surface area contributed by atoms with Gasteiger partial charge in [-0.15, -0.1) is 0 Å². The molecule has 1 nitrogen and oxygen atoms in total. The van der Waals surface area contributed by atoms with E-state index in [9.17, 15) is 5.11 Å². The molecule has 0 aliphatic carbocycles. The van der Waals surface area contributed by atoms with E-state index in [0.717, 1.165) is 33.4 Å². The summed E-state index contributed by atoms with van der Waals surface area (Å²) in [6.07, 6.45) is 0. The van der Waals surface area contributed by atoms with Crippen LogP contribution in [0.1, 0.15) is 26.3 Å². The van der Waals surface area contributed by atoms with E-state index in [0.29, 0.717) is 5.75 Å². The van der Waals surface area contributed by atoms with Gasteiger partial charge in [-0.3, -0.25) is 0 Å². The van der Waals surface area contributed by atoms with E-state index in [1.54, 1.807) is 0 Å². The first-order valence-electron chi connectivity index (χ1n) is 10.0. The Bertz CT molecular complexity index is 1070. The number of phenolic OH excluding ortho intramolecular Hbond substituents is 1. The average molecular weight is 569 g/mol. The fourth-order valence-electron chi connectivity index (χ4n) is 3.61. The third-order valence-electron chi connectivity index (χ3n) is 5.32. The molecule has 0 heterocycles. The third-order valence-corrected chi connectivity index (χ3v) is 5.32. The maximum absolute atomic E-state index is 10.7. The molecule has 0 unspecified atom stereocenters. The molecule has 1 N–H and O–H groups in total. The quantitative estimate of drug-likeness (QED) is 0.269. The molecule has 0 fully saturated rings. The number of aromatic hydroxyl groups is 1. The largest absolute Gasteiger partial charge is 0.507 e. The van der Waals surface area contributed by atoms with Crippen LogP contribution in [0.15, 0.2) is 97.1 Å². The molecule has 0 atom stereocenters. The molecular weight excluding hydrogens is 543 g/mol. The molecule has 2 heteroatoms. The van der Waals surface area contributed by atoms with Crippen molar-refractivity contribution in [2.75, 3.05) is 0 Å². The summed E-state index contributed by atoms with van der Waals surface area (Å²) in [4.78, 5) is 0. The van der Waals surface area contributed by atoms with Crippen molar-refractivity contribution in [1.29, 1.82) is 0 Å². The number of rotatable bonds is 3. The van der Waals surface area contributed by atoms with Gasteiger partial charge in [0, 0.05) is 25.4 Å². The van der Waals surface area contributed by atoms with Gasteiger partial charge in [0.1, 0.15) is 5.75 Å². The Morgan fingerprint density at radius 1 is 0.533 bits per heavy atom. The van der Waals surface area contributed by atoms with Gasteiger partial charge in [-0.25, -0.2) is 0 Å². The summed E-state index contributed by atoms with van der Waals surface area (Å²) in [5.41, 5.74) is 7.72. The smallest absolute Gasteiger partial charge is 0.123 e. The molecule has 30 heavy (non-hydrogen) atoms. The van der Waals surface area contributed by atoms with E-state index in [4.69, 9.17) is 0 Å². The van der Waals surface area contributed by atoms with Gasteiger partial charge in [0.2, 0.25) is 0 Å². The monoisotopic (exact) mass is 570 g/mol. The fourth-order valence-corrected chi connectivity index (χ4v) is 3.61. The molecule has 0 aliphatic rings. The minimum absolute atomic E-state index is 0. The molecule has 0 radical (unpaired) electrons. The maximum Gasteiger partial charge on any atom is 0.123 e. The van der Waals surface area contributed by atoms with E-state index in [1.165, 1.54) is 5.56 Å². The Morgan fingerprint density at radius 3 is 1.47 bits per heavy atom. The normalized spacial score (nSPS) is 11.0. The zero-order chi connectivity index (χ0) is 20.4. The zero-order valence-electron chi connectivity index (χ0n) is 17.5. The molecule has 4 rings (SSSR count). The fraction of sp³-hybridized carbons (Fsp3) is 0.143. The first kappa shape index (κ1) is 22.0. The second-order valence-electron chi connectivity index (χ2n) is 8.51. The van der Waals surface area contributed by atoms with Crippen LogP contribution in [-0.4, -0.2) is 5.11 Å². The number of hydrogen-bond acceptors (Lipinski definition) is 1. The maximum atomic E-state index is 10.7. The number of benzene rings is 4. The molecule has 0 aliphatic heterocycles. The summed E-state index contributed by atoms with van der Waals surface area (Å²) in [5.74, 6) is 0.308. The molecule has 0 bridgehead atoms. The van der Waals surface area contributed by atoms with E-state index < -0.39 is 0 Å². The van der Waals surface area contributed by atoms with Crippen LogP contribution in [0, 0.1) is 0 Å². The molecule has 0 saturated carbocycles. The van der Waals surface area contributed by atoms with Crippen LogP contribution in [0.3, 0.4) is 0 Å². The van der Waals surface area contributed by atoms with Gasteiger partial charge in [0.15, 0.2) is 0 Å². The van der Waals surface area contributed by atoms with E-state index in [2.05, 4.69) is 93.6 Å². The van der Waals surface area contributed by atoms with Crippen molar-refractivity contribution in [1.82, 2.24) is 0 Å². The second kappa shape index (κ2) is 8.99. The van der Waals surface area contributed by atoms with E-state index in [-0.39, 0.29) is 25.2 Å². The molecule has 4 aromatic rings. The van der Waals surface area contributed by atoms with Gasteiger partial charge in [0.05, 0.1) is 0 Å². The van der Waals surface area contributed by atoms with Crippen molar-refractivity contribution in [3.8, 4) is 39.1 Å². The topological polar surface area (TPSA) is 20.2 Å². The van der Waals surface area contributed by atoms with Crippen molar-refractivity contribution < 1.29 is 24.9 Å². The molecular formula is C28H26OOs. The van der Waals surface area contributed by atoms with Gasteiger partial charge in [0.25, 0.3) is 0 Å². The molecule has 0 saturated heterocycles. The predicted octanol–water partition coefficient (Wildman–Crippen LogP) is 7.69. The Hall–Kier alpha value is -2.68. The van der Waals surface area contributed by atoms with Crippen LogP contribution < -0.4 is 0 Å². The molecule has 152 valence electrons. The van der Waals surface area contributed by atoms with Crippen LogP contribution in [0.4, 0.5) is 0 Å². The van der Waals surface area contributed by atoms with E-state index in [1.807, 2.05) is 24.3 Å². The Morgan fingerprint density at radius 2 is 1.00 bits per heavy atom. The number of phenols is 1.